The van der Waals surface area contributed by atoms with E-state index in [1.807, 2.05) is 55.9 Å². The minimum absolute atomic E-state index is 0.798. The Bertz CT molecular complexity index is 177. The third kappa shape index (κ3) is 2.57. The SMILES string of the molecule is CCN(C)P(=O)(N(C)CC)N(C)CC. The van der Waals surface area contributed by atoms with Crippen LogP contribution in [0.3, 0.4) is 0 Å². The maximum Gasteiger partial charge on any atom is 0.286 e. The predicted octanol–water partition coefficient (Wildman–Crippen LogP) is 1.95. The van der Waals surface area contributed by atoms with Gasteiger partial charge in [0.15, 0.2) is 0 Å². The molecule has 0 heterocycles. The first-order chi connectivity index (χ1) is 6.44. The highest BCUT2D eigenvalue weighted by Crippen LogP contribution is 2.53. The topological polar surface area (TPSA) is 26.8 Å². The lowest BCUT2D eigenvalue weighted by Gasteiger charge is -2.39. The molecule has 0 aliphatic rings. The van der Waals surface area contributed by atoms with Gasteiger partial charge in [-0.3, -0.25) is 4.57 Å². The number of hydrogen-bond donors (Lipinski definition) is 0. The van der Waals surface area contributed by atoms with Gasteiger partial charge in [-0.15, -0.1) is 0 Å². The van der Waals surface area contributed by atoms with E-state index in [1.165, 1.54) is 0 Å². The molecule has 0 amide bonds. The lowest BCUT2D eigenvalue weighted by atomic mass is 10.8. The lowest BCUT2D eigenvalue weighted by molar-refractivity contribution is 0.335. The van der Waals surface area contributed by atoms with Gasteiger partial charge in [0, 0.05) is 19.6 Å². The van der Waals surface area contributed by atoms with Crippen LogP contribution < -0.4 is 0 Å². The molecular formula is C9H24N3OP. The average Bonchev–Trinajstić information content (AvgIpc) is 2.24. The second-order valence-electron chi connectivity index (χ2n) is 3.43. The van der Waals surface area contributed by atoms with E-state index in [4.69, 9.17) is 0 Å². The summed E-state index contributed by atoms with van der Waals surface area (Å²) in [5.74, 6) is 0. The van der Waals surface area contributed by atoms with Crippen LogP contribution in [0.5, 0.6) is 0 Å². The fraction of sp³-hybridized carbons (Fsp3) is 1.00. The van der Waals surface area contributed by atoms with Crippen molar-refractivity contribution in [3.63, 3.8) is 0 Å². The van der Waals surface area contributed by atoms with E-state index in [1.54, 1.807) is 0 Å². The van der Waals surface area contributed by atoms with E-state index in [0.29, 0.717) is 0 Å². The van der Waals surface area contributed by atoms with Crippen LogP contribution in [0.2, 0.25) is 0 Å². The molecule has 0 aromatic carbocycles. The first-order valence-electron chi connectivity index (χ1n) is 5.19. The molecule has 0 atom stereocenters. The number of hydrogen-bond acceptors (Lipinski definition) is 1. The van der Waals surface area contributed by atoms with Crippen LogP contribution in [0.1, 0.15) is 20.8 Å². The molecule has 0 bridgehead atoms. The van der Waals surface area contributed by atoms with Gasteiger partial charge in [0.1, 0.15) is 0 Å². The molecule has 0 aromatic heterocycles. The van der Waals surface area contributed by atoms with Crippen molar-refractivity contribution in [3.05, 3.63) is 0 Å². The summed E-state index contributed by atoms with van der Waals surface area (Å²) in [6.45, 7) is 8.48. The van der Waals surface area contributed by atoms with Crippen LogP contribution in [-0.2, 0) is 4.57 Å². The molecule has 0 saturated heterocycles. The number of rotatable bonds is 6. The molecule has 0 spiro atoms. The third-order valence-corrected chi connectivity index (χ3v) is 6.22. The molecule has 0 rings (SSSR count). The second-order valence-corrected chi connectivity index (χ2v) is 6.51. The van der Waals surface area contributed by atoms with E-state index in [-0.39, 0.29) is 0 Å². The smallest absolute Gasteiger partial charge is 0.270 e. The number of nitrogens with zero attached hydrogens (tertiary/aromatic N) is 3. The Morgan fingerprint density at radius 1 is 0.786 bits per heavy atom. The van der Waals surface area contributed by atoms with Crippen molar-refractivity contribution in [2.24, 2.45) is 0 Å². The molecule has 14 heavy (non-hydrogen) atoms. The van der Waals surface area contributed by atoms with Gasteiger partial charge in [-0.05, 0) is 21.1 Å². The van der Waals surface area contributed by atoms with Crippen LogP contribution in [0.4, 0.5) is 0 Å². The van der Waals surface area contributed by atoms with Gasteiger partial charge in [-0.25, -0.2) is 14.0 Å². The second kappa shape index (κ2) is 5.86. The summed E-state index contributed by atoms with van der Waals surface area (Å²) >= 11 is 0. The zero-order chi connectivity index (χ0) is 11.4. The summed E-state index contributed by atoms with van der Waals surface area (Å²) in [7, 11) is 3.25. The van der Waals surface area contributed by atoms with E-state index in [0.717, 1.165) is 19.6 Å². The van der Waals surface area contributed by atoms with Gasteiger partial charge in [0.05, 0.1) is 0 Å². The van der Waals surface area contributed by atoms with Gasteiger partial charge in [-0.1, -0.05) is 20.8 Å². The highest BCUT2D eigenvalue weighted by atomic mass is 31.2. The average molecular weight is 221 g/mol. The van der Waals surface area contributed by atoms with Crippen molar-refractivity contribution in [2.45, 2.75) is 20.8 Å². The third-order valence-electron chi connectivity index (χ3n) is 2.71. The molecule has 0 aliphatic carbocycles. The fourth-order valence-electron chi connectivity index (χ4n) is 1.33. The molecule has 0 radical (unpaired) electrons. The Kier molecular flexibility index (Phi) is 5.91. The first kappa shape index (κ1) is 14.1. The maximum absolute atomic E-state index is 12.8. The molecule has 86 valence electrons. The minimum Gasteiger partial charge on any atom is -0.270 e. The Morgan fingerprint density at radius 3 is 1.14 bits per heavy atom. The molecule has 0 fully saturated rings. The molecule has 5 heteroatoms. The van der Waals surface area contributed by atoms with Gasteiger partial charge >= 0.3 is 0 Å². The summed E-state index contributed by atoms with van der Waals surface area (Å²) < 4.78 is 18.6. The van der Waals surface area contributed by atoms with Crippen molar-refractivity contribution in [2.75, 3.05) is 40.8 Å². The van der Waals surface area contributed by atoms with Crippen LogP contribution in [-0.4, -0.2) is 54.8 Å². The van der Waals surface area contributed by atoms with Gasteiger partial charge in [-0.2, -0.15) is 0 Å². The van der Waals surface area contributed by atoms with Crippen LogP contribution in [0.15, 0.2) is 0 Å². The Hall–Kier alpha value is 0.110. The van der Waals surface area contributed by atoms with Crippen molar-refractivity contribution in [1.29, 1.82) is 0 Å². The quantitative estimate of drug-likeness (QED) is 0.640. The van der Waals surface area contributed by atoms with Gasteiger partial charge in [0.25, 0.3) is 7.59 Å². The summed E-state index contributed by atoms with van der Waals surface area (Å²) in [4.78, 5) is 0. The fourth-order valence-corrected chi connectivity index (χ4v) is 4.00. The van der Waals surface area contributed by atoms with Crippen molar-refractivity contribution < 1.29 is 4.57 Å². The van der Waals surface area contributed by atoms with Crippen molar-refractivity contribution in [1.82, 2.24) is 14.0 Å². The van der Waals surface area contributed by atoms with E-state index in [2.05, 4.69) is 0 Å². The van der Waals surface area contributed by atoms with E-state index in [9.17, 15) is 4.57 Å². The molecule has 4 nitrogen and oxygen atoms in total. The van der Waals surface area contributed by atoms with Crippen LogP contribution in [0.25, 0.3) is 0 Å². The largest absolute Gasteiger partial charge is 0.286 e. The summed E-state index contributed by atoms with van der Waals surface area (Å²) in [6.07, 6.45) is 0. The van der Waals surface area contributed by atoms with E-state index >= 15 is 0 Å². The molecule has 0 N–H and O–H groups in total. The first-order valence-corrected chi connectivity index (χ1v) is 6.76. The normalized spacial score (nSPS) is 13.2. The van der Waals surface area contributed by atoms with Gasteiger partial charge in [0.2, 0.25) is 0 Å². The van der Waals surface area contributed by atoms with Crippen molar-refractivity contribution in [3.8, 4) is 0 Å². The lowest BCUT2D eigenvalue weighted by Crippen LogP contribution is -2.35. The summed E-state index contributed by atoms with van der Waals surface area (Å²) in [5, 5.41) is 0. The zero-order valence-electron chi connectivity index (χ0n) is 10.3. The zero-order valence-corrected chi connectivity index (χ0v) is 11.2. The molecule has 0 saturated carbocycles. The van der Waals surface area contributed by atoms with Crippen LogP contribution in [0, 0.1) is 0 Å². The van der Waals surface area contributed by atoms with Crippen molar-refractivity contribution >= 4 is 7.59 Å². The molecule has 0 unspecified atom stereocenters. The van der Waals surface area contributed by atoms with E-state index < -0.39 is 7.59 Å². The summed E-state index contributed by atoms with van der Waals surface area (Å²) in [5.41, 5.74) is 0. The minimum atomic E-state index is -2.49. The highest BCUT2D eigenvalue weighted by molar-refractivity contribution is 7.56. The highest BCUT2D eigenvalue weighted by Gasteiger charge is 2.34. The molecular weight excluding hydrogens is 197 g/mol. The Morgan fingerprint density at radius 2 is 1.00 bits per heavy atom. The molecule has 0 aromatic rings. The van der Waals surface area contributed by atoms with Gasteiger partial charge < -0.3 is 0 Å². The molecule has 0 aliphatic heterocycles. The monoisotopic (exact) mass is 221 g/mol. The predicted molar refractivity (Wildman–Crippen MR) is 62.5 cm³/mol. The summed E-state index contributed by atoms with van der Waals surface area (Å²) in [6, 6.07) is 0. The Balaban J connectivity index is 4.94. The van der Waals surface area contributed by atoms with Crippen LogP contribution >= 0.6 is 7.59 Å². The standard InChI is InChI=1S/C9H24N3OP/c1-7-10(4)14(13,11(5)8-2)12(6)9-3/h7-9H2,1-6H3. The Labute approximate surface area is 88.4 Å². The maximum atomic E-state index is 12.8.